The van der Waals surface area contributed by atoms with Gasteiger partial charge in [0.25, 0.3) is 0 Å². The predicted octanol–water partition coefficient (Wildman–Crippen LogP) is 1.18. The lowest BCUT2D eigenvalue weighted by atomic mass is 10.1. The zero-order valence-electron chi connectivity index (χ0n) is 12.5. The van der Waals surface area contributed by atoms with Gasteiger partial charge in [0.05, 0.1) is 11.8 Å². The number of benzene rings is 1. The molecule has 2 rings (SSSR count). The number of hydrogen-bond donors (Lipinski definition) is 2. The topological polar surface area (TPSA) is 84.7 Å². The quantitative estimate of drug-likeness (QED) is 0.798. The normalized spacial score (nSPS) is 19.4. The van der Waals surface area contributed by atoms with Crippen LogP contribution >= 0.6 is 0 Å². The van der Waals surface area contributed by atoms with Crippen molar-refractivity contribution in [2.75, 3.05) is 37.9 Å². The minimum atomic E-state index is -3.52. The number of nitrogens with one attached hydrogen (secondary N) is 1. The Kier molecular flexibility index (Phi) is 5.08. The average molecular weight is 313 g/mol. The fourth-order valence-corrected chi connectivity index (χ4v) is 3.33. The molecule has 0 radical (unpaired) electrons. The van der Waals surface area contributed by atoms with Crippen LogP contribution in [-0.2, 0) is 14.8 Å². The molecule has 1 aromatic carbocycles. The van der Waals surface area contributed by atoms with E-state index in [0.717, 1.165) is 31.7 Å². The number of rotatable bonds is 5. The monoisotopic (exact) mass is 313 g/mol. The molecule has 1 aliphatic rings. The highest BCUT2D eigenvalue weighted by atomic mass is 32.2. The molecule has 1 heterocycles. The molecule has 6 nitrogen and oxygen atoms in total. The van der Waals surface area contributed by atoms with Crippen molar-refractivity contribution in [1.29, 1.82) is 0 Å². The molecule has 7 heteroatoms. The molecule has 0 bridgehead atoms. The van der Waals surface area contributed by atoms with Gasteiger partial charge in [-0.15, -0.1) is 0 Å². The van der Waals surface area contributed by atoms with E-state index in [-0.39, 0.29) is 16.7 Å². The van der Waals surface area contributed by atoms with Gasteiger partial charge in [-0.25, -0.2) is 13.1 Å². The van der Waals surface area contributed by atoms with Gasteiger partial charge in [0, 0.05) is 25.9 Å². The van der Waals surface area contributed by atoms with Crippen LogP contribution in [0.15, 0.2) is 23.1 Å². The van der Waals surface area contributed by atoms with Crippen molar-refractivity contribution in [3.8, 4) is 0 Å². The lowest BCUT2D eigenvalue weighted by molar-refractivity contribution is 0.0216. The van der Waals surface area contributed by atoms with Crippen molar-refractivity contribution in [2.45, 2.75) is 30.3 Å². The Morgan fingerprint density at radius 1 is 1.43 bits per heavy atom. The van der Waals surface area contributed by atoms with Crippen LogP contribution in [0.3, 0.4) is 0 Å². The summed E-state index contributed by atoms with van der Waals surface area (Å²) in [6, 6.07) is 4.99. The van der Waals surface area contributed by atoms with Gasteiger partial charge >= 0.3 is 0 Å². The van der Waals surface area contributed by atoms with Crippen LogP contribution in [0.1, 0.15) is 19.3 Å². The first kappa shape index (κ1) is 16.1. The Morgan fingerprint density at radius 3 is 2.76 bits per heavy atom. The van der Waals surface area contributed by atoms with Crippen LogP contribution in [0.25, 0.3) is 0 Å². The first-order valence-corrected chi connectivity index (χ1v) is 8.58. The first-order chi connectivity index (χ1) is 9.94. The van der Waals surface area contributed by atoms with Crippen LogP contribution in [0.2, 0.25) is 0 Å². The van der Waals surface area contributed by atoms with Crippen LogP contribution in [0.4, 0.5) is 11.4 Å². The molecule has 0 aliphatic carbocycles. The standard InChI is InChI=1S/C14H23N3O3S/c1-16-21(18,19)14-7-6-11(9-13(14)15)17(2)10-12-5-3-4-8-20-12/h6-7,9,12,16H,3-5,8,10,15H2,1-2H3. The molecule has 1 saturated heterocycles. The summed E-state index contributed by atoms with van der Waals surface area (Å²) in [5.74, 6) is 0. The number of nitrogen functional groups attached to an aromatic ring is 1. The maximum absolute atomic E-state index is 11.8. The zero-order chi connectivity index (χ0) is 15.5. The number of sulfonamides is 1. The highest BCUT2D eigenvalue weighted by Gasteiger charge is 2.19. The second-order valence-corrected chi connectivity index (χ2v) is 7.15. The molecule has 0 aromatic heterocycles. The Bertz CT molecular complexity index is 583. The highest BCUT2D eigenvalue weighted by molar-refractivity contribution is 7.89. The maximum atomic E-state index is 11.8. The van der Waals surface area contributed by atoms with Crippen molar-refractivity contribution < 1.29 is 13.2 Å². The van der Waals surface area contributed by atoms with Crippen LogP contribution in [0, 0.1) is 0 Å². The van der Waals surface area contributed by atoms with Crippen molar-refractivity contribution in [3.05, 3.63) is 18.2 Å². The van der Waals surface area contributed by atoms with E-state index < -0.39 is 10.0 Å². The first-order valence-electron chi connectivity index (χ1n) is 7.10. The molecule has 1 aliphatic heterocycles. The van der Waals surface area contributed by atoms with Gasteiger partial charge in [-0.2, -0.15) is 0 Å². The fourth-order valence-electron chi connectivity index (χ4n) is 2.49. The van der Waals surface area contributed by atoms with Crippen molar-refractivity contribution in [1.82, 2.24) is 4.72 Å². The summed E-state index contributed by atoms with van der Waals surface area (Å²) in [7, 11) is -0.189. The smallest absolute Gasteiger partial charge is 0.242 e. The second-order valence-electron chi connectivity index (χ2n) is 5.30. The molecule has 1 aromatic rings. The molecule has 0 saturated carbocycles. The number of nitrogens with zero attached hydrogens (tertiary/aromatic N) is 1. The van der Waals surface area contributed by atoms with E-state index in [1.165, 1.54) is 19.5 Å². The maximum Gasteiger partial charge on any atom is 0.242 e. The molecular formula is C14H23N3O3S. The Balaban J connectivity index is 2.12. The minimum absolute atomic E-state index is 0.107. The molecule has 1 fully saturated rings. The number of likely N-dealkylation sites (N-methyl/N-ethyl adjacent to an activating group) is 1. The van der Waals surface area contributed by atoms with E-state index in [0.29, 0.717) is 0 Å². The van der Waals surface area contributed by atoms with E-state index in [4.69, 9.17) is 10.5 Å². The highest BCUT2D eigenvalue weighted by Crippen LogP contribution is 2.25. The number of ether oxygens (including phenoxy) is 1. The van der Waals surface area contributed by atoms with E-state index in [9.17, 15) is 8.42 Å². The fraction of sp³-hybridized carbons (Fsp3) is 0.571. The predicted molar refractivity (Wildman–Crippen MR) is 84.0 cm³/mol. The van der Waals surface area contributed by atoms with Gasteiger partial charge in [0.1, 0.15) is 4.90 Å². The van der Waals surface area contributed by atoms with Crippen LogP contribution < -0.4 is 15.4 Å². The SMILES string of the molecule is CNS(=O)(=O)c1ccc(N(C)CC2CCCCO2)cc1N. The van der Waals surface area contributed by atoms with Crippen LogP contribution in [0.5, 0.6) is 0 Å². The third kappa shape index (κ3) is 3.87. The summed E-state index contributed by atoms with van der Waals surface area (Å²) < 4.78 is 31.6. The Hall–Kier alpha value is -1.31. The van der Waals surface area contributed by atoms with Gasteiger partial charge in [-0.1, -0.05) is 0 Å². The Morgan fingerprint density at radius 2 is 2.19 bits per heavy atom. The molecule has 1 atom stereocenters. The zero-order valence-corrected chi connectivity index (χ0v) is 13.3. The van der Waals surface area contributed by atoms with Gasteiger partial charge in [0.15, 0.2) is 0 Å². The minimum Gasteiger partial charge on any atom is -0.398 e. The van der Waals surface area contributed by atoms with Gasteiger partial charge in [-0.05, 0) is 44.5 Å². The van der Waals surface area contributed by atoms with Gasteiger partial charge in [0.2, 0.25) is 10.0 Å². The molecule has 0 amide bonds. The summed E-state index contributed by atoms with van der Waals surface area (Å²) >= 11 is 0. The largest absolute Gasteiger partial charge is 0.398 e. The summed E-state index contributed by atoms with van der Waals surface area (Å²) in [4.78, 5) is 2.15. The lowest BCUT2D eigenvalue weighted by Gasteiger charge is -2.29. The van der Waals surface area contributed by atoms with Crippen LogP contribution in [-0.4, -0.2) is 41.8 Å². The Labute approximate surface area is 126 Å². The second kappa shape index (κ2) is 6.64. The summed E-state index contributed by atoms with van der Waals surface area (Å²) in [6.45, 7) is 1.59. The molecule has 118 valence electrons. The van der Waals surface area contributed by atoms with Gasteiger partial charge < -0.3 is 15.4 Å². The number of nitrogens with two attached hydrogens (primary N) is 1. The van der Waals surface area contributed by atoms with Crippen molar-refractivity contribution >= 4 is 21.4 Å². The van der Waals surface area contributed by atoms with E-state index in [1.54, 1.807) is 12.1 Å². The number of hydrogen-bond acceptors (Lipinski definition) is 5. The summed E-state index contributed by atoms with van der Waals surface area (Å²) in [6.07, 6.45) is 3.61. The van der Waals surface area contributed by atoms with Crippen molar-refractivity contribution in [3.63, 3.8) is 0 Å². The molecule has 21 heavy (non-hydrogen) atoms. The molecular weight excluding hydrogens is 290 g/mol. The van der Waals surface area contributed by atoms with Crippen molar-refractivity contribution in [2.24, 2.45) is 0 Å². The van der Waals surface area contributed by atoms with E-state index in [1.807, 2.05) is 11.9 Å². The number of anilines is 2. The lowest BCUT2D eigenvalue weighted by Crippen LogP contribution is -2.33. The third-order valence-electron chi connectivity index (χ3n) is 3.74. The van der Waals surface area contributed by atoms with E-state index >= 15 is 0 Å². The molecule has 1 unspecified atom stereocenters. The summed E-state index contributed by atoms with van der Waals surface area (Å²) in [5.41, 5.74) is 7.01. The molecule has 0 spiro atoms. The van der Waals surface area contributed by atoms with Gasteiger partial charge in [-0.3, -0.25) is 0 Å². The van der Waals surface area contributed by atoms with E-state index in [2.05, 4.69) is 4.72 Å². The summed E-state index contributed by atoms with van der Waals surface area (Å²) in [5, 5.41) is 0. The average Bonchev–Trinajstić information content (AvgIpc) is 2.48. The molecule has 3 N–H and O–H groups in total. The third-order valence-corrected chi connectivity index (χ3v) is 5.23.